The molecule has 2 rings (SSSR count). The number of urea groups is 1. The lowest BCUT2D eigenvalue weighted by atomic mass is 10.1. The van der Waals surface area contributed by atoms with Crippen molar-refractivity contribution in [1.29, 1.82) is 0 Å². The van der Waals surface area contributed by atoms with E-state index < -0.39 is 0 Å². The first-order valence-electron chi connectivity index (χ1n) is 8.10. The molecular formula is C18H26N4O2. The van der Waals surface area contributed by atoms with Gasteiger partial charge in [-0.3, -0.25) is 0 Å². The van der Waals surface area contributed by atoms with Gasteiger partial charge >= 0.3 is 6.03 Å². The lowest BCUT2D eigenvalue weighted by Gasteiger charge is -2.22. The van der Waals surface area contributed by atoms with Gasteiger partial charge in [0.2, 0.25) is 0 Å². The van der Waals surface area contributed by atoms with E-state index in [2.05, 4.69) is 32.8 Å². The predicted molar refractivity (Wildman–Crippen MR) is 93.8 cm³/mol. The molecule has 0 aliphatic carbocycles. The maximum atomic E-state index is 12.3. The number of aryl methyl sites for hydroxylation is 2. The van der Waals surface area contributed by atoms with Crippen molar-refractivity contribution in [2.75, 3.05) is 20.6 Å². The van der Waals surface area contributed by atoms with Crippen molar-refractivity contribution in [3.8, 4) is 0 Å². The predicted octanol–water partition coefficient (Wildman–Crippen LogP) is 2.26. The molecule has 2 amide bonds. The minimum Gasteiger partial charge on any atom is -0.361 e. The monoisotopic (exact) mass is 330 g/mol. The molecule has 2 N–H and O–H groups in total. The standard InChI is InChI=1S/C18H26N4O2/c1-13-17(14(2)24-21-13)11-19-18(23)20-16(12-22(3)4)10-15-8-6-5-7-9-15/h5-9,16H,10-12H2,1-4H3,(H2,19,20,23)/t16-/m1/s1. The van der Waals surface area contributed by atoms with Crippen LogP contribution in [0.5, 0.6) is 0 Å². The Balaban J connectivity index is 1.91. The number of carbonyl (C=O) groups excluding carboxylic acids is 1. The van der Waals surface area contributed by atoms with Gasteiger partial charge in [0.05, 0.1) is 5.69 Å². The highest BCUT2D eigenvalue weighted by atomic mass is 16.5. The van der Waals surface area contributed by atoms with Crippen LogP contribution in [-0.2, 0) is 13.0 Å². The number of carbonyl (C=O) groups is 1. The first-order chi connectivity index (χ1) is 11.5. The van der Waals surface area contributed by atoms with Gasteiger partial charge in [0.1, 0.15) is 5.76 Å². The summed E-state index contributed by atoms with van der Waals surface area (Å²) in [5.41, 5.74) is 2.94. The molecule has 1 aromatic carbocycles. The molecule has 1 heterocycles. The summed E-state index contributed by atoms with van der Waals surface area (Å²) in [6.45, 7) is 4.90. The van der Waals surface area contributed by atoms with Crippen LogP contribution in [0.3, 0.4) is 0 Å². The molecule has 0 aliphatic heterocycles. The molecule has 6 nitrogen and oxygen atoms in total. The Bertz CT molecular complexity index is 633. The summed E-state index contributed by atoms with van der Waals surface area (Å²) >= 11 is 0. The molecule has 1 atom stereocenters. The van der Waals surface area contributed by atoms with Crippen molar-refractivity contribution in [1.82, 2.24) is 20.7 Å². The summed E-state index contributed by atoms with van der Waals surface area (Å²) in [7, 11) is 4.00. The molecule has 24 heavy (non-hydrogen) atoms. The topological polar surface area (TPSA) is 70.4 Å². The summed E-state index contributed by atoms with van der Waals surface area (Å²) in [5, 5.41) is 9.84. The Morgan fingerprint density at radius 2 is 1.96 bits per heavy atom. The fourth-order valence-corrected chi connectivity index (χ4v) is 2.66. The highest BCUT2D eigenvalue weighted by Gasteiger charge is 2.15. The number of likely N-dealkylation sites (N-methyl/N-ethyl adjacent to an activating group) is 1. The molecule has 0 saturated heterocycles. The van der Waals surface area contributed by atoms with Gasteiger partial charge in [-0.2, -0.15) is 0 Å². The van der Waals surface area contributed by atoms with E-state index in [1.165, 1.54) is 5.56 Å². The molecule has 0 spiro atoms. The third kappa shape index (κ3) is 5.38. The highest BCUT2D eigenvalue weighted by molar-refractivity contribution is 5.74. The maximum Gasteiger partial charge on any atom is 0.315 e. The third-order valence-electron chi connectivity index (χ3n) is 3.85. The van der Waals surface area contributed by atoms with Crippen LogP contribution >= 0.6 is 0 Å². The van der Waals surface area contributed by atoms with Gasteiger partial charge in [-0.15, -0.1) is 0 Å². The zero-order valence-electron chi connectivity index (χ0n) is 14.8. The zero-order valence-corrected chi connectivity index (χ0v) is 14.8. The van der Waals surface area contributed by atoms with Crippen molar-refractivity contribution in [3.63, 3.8) is 0 Å². The number of aromatic nitrogens is 1. The quantitative estimate of drug-likeness (QED) is 0.817. The van der Waals surface area contributed by atoms with Crippen molar-refractivity contribution in [3.05, 3.63) is 52.9 Å². The Kier molecular flexibility index (Phi) is 6.37. The Labute approximate surface area is 143 Å². The lowest BCUT2D eigenvalue weighted by molar-refractivity contribution is 0.232. The number of hydrogen-bond acceptors (Lipinski definition) is 4. The van der Waals surface area contributed by atoms with Crippen LogP contribution in [0.15, 0.2) is 34.9 Å². The number of rotatable bonds is 7. The van der Waals surface area contributed by atoms with Gasteiger partial charge in [-0.05, 0) is 39.9 Å². The van der Waals surface area contributed by atoms with Gasteiger partial charge < -0.3 is 20.1 Å². The number of amides is 2. The minimum absolute atomic E-state index is 0.0343. The molecule has 0 aliphatic rings. The minimum atomic E-state index is -0.183. The largest absolute Gasteiger partial charge is 0.361 e. The van der Waals surface area contributed by atoms with E-state index in [0.29, 0.717) is 6.54 Å². The van der Waals surface area contributed by atoms with E-state index in [9.17, 15) is 4.79 Å². The Morgan fingerprint density at radius 3 is 2.54 bits per heavy atom. The van der Waals surface area contributed by atoms with E-state index in [1.54, 1.807) is 0 Å². The number of nitrogens with one attached hydrogen (secondary N) is 2. The molecule has 0 radical (unpaired) electrons. The van der Waals surface area contributed by atoms with Crippen LogP contribution in [0.2, 0.25) is 0 Å². The lowest BCUT2D eigenvalue weighted by Crippen LogP contribution is -2.47. The first-order valence-corrected chi connectivity index (χ1v) is 8.10. The summed E-state index contributed by atoms with van der Waals surface area (Å²) in [5.74, 6) is 0.738. The summed E-state index contributed by atoms with van der Waals surface area (Å²) in [4.78, 5) is 14.3. The molecule has 130 valence electrons. The van der Waals surface area contributed by atoms with Crippen LogP contribution in [0, 0.1) is 13.8 Å². The fraction of sp³-hybridized carbons (Fsp3) is 0.444. The van der Waals surface area contributed by atoms with Gasteiger partial charge in [-0.25, -0.2) is 4.79 Å². The van der Waals surface area contributed by atoms with Crippen molar-refractivity contribution in [2.45, 2.75) is 32.9 Å². The zero-order chi connectivity index (χ0) is 17.5. The summed E-state index contributed by atoms with van der Waals surface area (Å²) < 4.78 is 5.11. The second-order valence-corrected chi connectivity index (χ2v) is 6.28. The van der Waals surface area contributed by atoms with Gasteiger partial charge in [0.25, 0.3) is 0 Å². The van der Waals surface area contributed by atoms with Crippen molar-refractivity contribution >= 4 is 6.03 Å². The number of hydrogen-bond donors (Lipinski definition) is 2. The van der Waals surface area contributed by atoms with E-state index in [1.807, 2.05) is 46.1 Å². The first kappa shape index (κ1) is 18.0. The van der Waals surface area contributed by atoms with Crippen molar-refractivity contribution in [2.24, 2.45) is 0 Å². The van der Waals surface area contributed by atoms with Gasteiger partial charge in [0, 0.05) is 24.7 Å². The van der Waals surface area contributed by atoms with Gasteiger partial charge in [-0.1, -0.05) is 35.5 Å². The highest BCUT2D eigenvalue weighted by Crippen LogP contribution is 2.11. The smallest absolute Gasteiger partial charge is 0.315 e. The average Bonchev–Trinajstić information content (AvgIpc) is 2.84. The molecule has 0 unspecified atom stereocenters. The summed E-state index contributed by atoms with van der Waals surface area (Å²) in [6, 6.07) is 10.0. The van der Waals surface area contributed by atoms with Crippen LogP contribution in [-0.4, -0.2) is 42.8 Å². The second-order valence-electron chi connectivity index (χ2n) is 6.28. The number of nitrogens with zero attached hydrogens (tertiary/aromatic N) is 2. The molecule has 0 bridgehead atoms. The van der Waals surface area contributed by atoms with Gasteiger partial charge in [0.15, 0.2) is 0 Å². The Morgan fingerprint density at radius 1 is 1.25 bits per heavy atom. The van der Waals surface area contributed by atoms with Crippen molar-refractivity contribution < 1.29 is 9.32 Å². The number of benzene rings is 1. The third-order valence-corrected chi connectivity index (χ3v) is 3.85. The average molecular weight is 330 g/mol. The van der Waals surface area contributed by atoms with Crippen LogP contribution in [0.4, 0.5) is 4.79 Å². The summed E-state index contributed by atoms with van der Waals surface area (Å²) in [6.07, 6.45) is 0.789. The fourth-order valence-electron chi connectivity index (χ4n) is 2.66. The molecular weight excluding hydrogens is 304 g/mol. The van der Waals surface area contributed by atoms with E-state index in [-0.39, 0.29) is 12.1 Å². The van der Waals surface area contributed by atoms with Crippen LogP contribution in [0.25, 0.3) is 0 Å². The normalized spacial score (nSPS) is 12.2. The SMILES string of the molecule is Cc1noc(C)c1CNC(=O)N[C@H](Cc1ccccc1)CN(C)C. The molecule has 2 aromatic rings. The van der Waals surface area contributed by atoms with E-state index in [4.69, 9.17) is 4.52 Å². The van der Waals surface area contributed by atoms with Crippen LogP contribution < -0.4 is 10.6 Å². The molecule has 6 heteroatoms. The maximum absolute atomic E-state index is 12.3. The molecule has 0 saturated carbocycles. The second kappa shape index (κ2) is 8.49. The van der Waals surface area contributed by atoms with E-state index >= 15 is 0 Å². The molecule has 1 aromatic heterocycles. The Hall–Kier alpha value is -2.34. The molecule has 0 fully saturated rings. The van der Waals surface area contributed by atoms with E-state index in [0.717, 1.165) is 30.0 Å². The van der Waals surface area contributed by atoms with Crippen LogP contribution in [0.1, 0.15) is 22.6 Å².